The van der Waals surface area contributed by atoms with Crippen molar-refractivity contribution >= 4 is 23.8 Å². The first-order chi connectivity index (χ1) is 11.6. The van der Waals surface area contributed by atoms with Gasteiger partial charge < -0.3 is 9.47 Å². The molecule has 5 nitrogen and oxygen atoms in total. The molecular formula is C17H16ClN3O2S. The molecule has 1 N–H and O–H groups in total. The molecular weight excluding hydrogens is 346 g/mol. The standard InChI is InChI=1S/C17H16ClN3O2S/c1-3-23-13-7-5-12(6-8-13)21-16(19-20-17(21)24)14-10-11(18)4-9-15(14)22-2/h4-10H,3H2,1-2H3,(H,20,24). The summed E-state index contributed by atoms with van der Waals surface area (Å²) in [6.45, 7) is 2.57. The molecule has 0 saturated heterocycles. The van der Waals surface area contributed by atoms with Gasteiger partial charge in [-0.1, -0.05) is 11.6 Å². The number of benzene rings is 2. The molecule has 0 aliphatic rings. The lowest BCUT2D eigenvalue weighted by Crippen LogP contribution is -2.00. The molecule has 0 unspecified atom stereocenters. The molecule has 1 heterocycles. The van der Waals surface area contributed by atoms with Crippen molar-refractivity contribution in [2.45, 2.75) is 6.92 Å². The van der Waals surface area contributed by atoms with Gasteiger partial charge in [0.2, 0.25) is 0 Å². The van der Waals surface area contributed by atoms with Crippen LogP contribution >= 0.6 is 23.8 Å². The first-order valence-electron chi connectivity index (χ1n) is 7.38. The zero-order valence-corrected chi connectivity index (χ0v) is 14.8. The van der Waals surface area contributed by atoms with Gasteiger partial charge in [-0.15, -0.1) is 0 Å². The molecule has 0 aliphatic heterocycles. The molecule has 0 atom stereocenters. The first-order valence-corrected chi connectivity index (χ1v) is 8.17. The van der Waals surface area contributed by atoms with Gasteiger partial charge in [0, 0.05) is 5.02 Å². The highest BCUT2D eigenvalue weighted by molar-refractivity contribution is 7.71. The van der Waals surface area contributed by atoms with E-state index in [1.54, 1.807) is 25.3 Å². The number of hydrogen-bond acceptors (Lipinski definition) is 4. The van der Waals surface area contributed by atoms with Gasteiger partial charge in [0.1, 0.15) is 11.5 Å². The van der Waals surface area contributed by atoms with Crippen LogP contribution in [0.15, 0.2) is 42.5 Å². The number of ether oxygens (including phenoxy) is 2. The third-order valence-corrected chi connectivity index (χ3v) is 3.99. The summed E-state index contributed by atoms with van der Waals surface area (Å²) in [5, 5.41) is 7.77. The Morgan fingerprint density at radius 2 is 1.96 bits per heavy atom. The van der Waals surface area contributed by atoms with Crippen LogP contribution in [0.1, 0.15) is 6.92 Å². The number of halogens is 1. The zero-order chi connectivity index (χ0) is 17.1. The molecule has 0 fully saturated rings. The predicted octanol–water partition coefficient (Wildman–Crippen LogP) is 4.66. The van der Waals surface area contributed by atoms with Crippen LogP contribution < -0.4 is 9.47 Å². The van der Waals surface area contributed by atoms with E-state index < -0.39 is 0 Å². The number of hydrogen-bond donors (Lipinski definition) is 1. The van der Waals surface area contributed by atoms with E-state index in [0.717, 1.165) is 17.0 Å². The molecule has 3 rings (SSSR count). The number of H-pyrrole nitrogens is 1. The average Bonchev–Trinajstić information content (AvgIpc) is 2.97. The minimum atomic E-state index is 0.483. The fourth-order valence-corrected chi connectivity index (χ4v) is 2.84. The van der Waals surface area contributed by atoms with Crippen molar-refractivity contribution in [3.05, 3.63) is 52.3 Å². The Labute approximate surface area is 149 Å². The summed E-state index contributed by atoms with van der Waals surface area (Å²) in [7, 11) is 1.61. The molecule has 7 heteroatoms. The van der Waals surface area contributed by atoms with E-state index in [9.17, 15) is 0 Å². The number of nitrogens with one attached hydrogen (secondary N) is 1. The quantitative estimate of drug-likeness (QED) is 0.671. The summed E-state index contributed by atoms with van der Waals surface area (Å²) < 4.78 is 13.2. The third kappa shape index (κ3) is 3.16. The van der Waals surface area contributed by atoms with Gasteiger partial charge in [0.05, 0.1) is 25.0 Å². The molecule has 0 bridgehead atoms. The van der Waals surface area contributed by atoms with Crippen LogP contribution in [-0.2, 0) is 0 Å². The van der Waals surface area contributed by atoms with Gasteiger partial charge in [0.15, 0.2) is 10.6 Å². The number of aromatic nitrogens is 3. The maximum absolute atomic E-state index is 6.14. The normalized spacial score (nSPS) is 10.6. The second-order valence-corrected chi connectivity index (χ2v) is 5.78. The van der Waals surface area contributed by atoms with Crippen LogP contribution in [-0.4, -0.2) is 28.5 Å². The van der Waals surface area contributed by atoms with Crippen molar-refractivity contribution < 1.29 is 9.47 Å². The van der Waals surface area contributed by atoms with Gasteiger partial charge >= 0.3 is 0 Å². The predicted molar refractivity (Wildman–Crippen MR) is 96.9 cm³/mol. The number of rotatable bonds is 5. The van der Waals surface area contributed by atoms with Gasteiger partial charge in [-0.2, -0.15) is 5.10 Å². The Hall–Kier alpha value is -2.31. The van der Waals surface area contributed by atoms with Crippen LogP contribution in [0.4, 0.5) is 0 Å². The summed E-state index contributed by atoms with van der Waals surface area (Å²) in [4.78, 5) is 0. The molecule has 0 aliphatic carbocycles. The van der Waals surface area contributed by atoms with E-state index in [1.165, 1.54) is 0 Å². The van der Waals surface area contributed by atoms with E-state index in [0.29, 0.717) is 28.0 Å². The number of methoxy groups -OCH3 is 1. The smallest absolute Gasteiger partial charge is 0.200 e. The molecule has 124 valence electrons. The second-order valence-electron chi connectivity index (χ2n) is 4.96. The summed E-state index contributed by atoms with van der Waals surface area (Å²) in [6, 6.07) is 13.0. The summed E-state index contributed by atoms with van der Waals surface area (Å²) in [6.07, 6.45) is 0. The maximum Gasteiger partial charge on any atom is 0.200 e. The van der Waals surface area contributed by atoms with Crippen LogP contribution in [0, 0.1) is 4.77 Å². The van der Waals surface area contributed by atoms with E-state index in [2.05, 4.69) is 10.2 Å². The van der Waals surface area contributed by atoms with E-state index in [4.69, 9.17) is 33.3 Å². The molecule has 0 saturated carbocycles. The summed E-state index contributed by atoms with van der Waals surface area (Å²) in [5.74, 6) is 2.10. The summed E-state index contributed by atoms with van der Waals surface area (Å²) >= 11 is 11.5. The Morgan fingerprint density at radius 1 is 1.21 bits per heavy atom. The SMILES string of the molecule is CCOc1ccc(-n2c(-c3cc(Cl)ccc3OC)n[nH]c2=S)cc1. The highest BCUT2D eigenvalue weighted by Gasteiger charge is 2.15. The van der Waals surface area contributed by atoms with E-state index >= 15 is 0 Å². The summed E-state index contributed by atoms with van der Waals surface area (Å²) in [5.41, 5.74) is 1.63. The minimum Gasteiger partial charge on any atom is -0.496 e. The zero-order valence-electron chi connectivity index (χ0n) is 13.2. The lowest BCUT2D eigenvalue weighted by molar-refractivity contribution is 0.340. The van der Waals surface area contributed by atoms with Gasteiger partial charge in [-0.3, -0.25) is 9.67 Å². The lowest BCUT2D eigenvalue weighted by Gasteiger charge is -2.11. The van der Waals surface area contributed by atoms with Crippen molar-refractivity contribution in [2.24, 2.45) is 0 Å². The molecule has 0 radical (unpaired) electrons. The minimum absolute atomic E-state index is 0.483. The average molecular weight is 362 g/mol. The topological polar surface area (TPSA) is 52.1 Å². The van der Waals surface area contributed by atoms with E-state index in [-0.39, 0.29) is 0 Å². The molecule has 3 aromatic rings. The lowest BCUT2D eigenvalue weighted by atomic mass is 10.2. The fraction of sp³-hybridized carbons (Fsp3) is 0.176. The van der Waals surface area contributed by atoms with Gasteiger partial charge in [-0.25, -0.2) is 0 Å². The number of nitrogens with zero attached hydrogens (tertiary/aromatic N) is 2. The molecule has 0 spiro atoms. The van der Waals surface area contributed by atoms with Gasteiger partial charge in [0.25, 0.3) is 0 Å². The fourth-order valence-electron chi connectivity index (χ4n) is 2.43. The van der Waals surface area contributed by atoms with Crippen molar-refractivity contribution in [1.82, 2.24) is 14.8 Å². The monoisotopic (exact) mass is 361 g/mol. The van der Waals surface area contributed by atoms with Crippen LogP contribution in [0.2, 0.25) is 5.02 Å². The Bertz CT molecular complexity index is 903. The van der Waals surface area contributed by atoms with Gasteiger partial charge in [-0.05, 0) is 61.6 Å². The van der Waals surface area contributed by atoms with Crippen LogP contribution in [0.5, 0.6) is 11.5 Å². The first kappa shape index (κ1) is 16.5. The molecule has 24 heavy (non-hydrogen) atoms. The van der Waals surface area contributed by atoms with Crippen LogP contribution in [0.3, 0.4) is 0 Å². The van der Waals surface area contributed by atoms with Crippen molar-refractivity contribution in [3.8, 4) is 28.6 Å². The largest absolute Gasteiger partial charge is 0.496 e. The van der Waals surface area contributed by atoms with Crippen molar-refractivity contribution in [3.63, 3.8) is 0 Å². The van der Waals surface area contributed by atoms with Crippen molar-refractivity contribution in [2.75, 3.05) is 13.7 Å². The third-order valence-electron chi connectivity index (χ3n) is 3.48. The Kier molecular flexibility index (Phi) is 4.87. The maximum atomic E-state index is 6.14. The number of aromatic amines is 1. The molecule has 1 aromatic heterocycles. The second kappa shape index (κ2) is 7.07. The van der Waals surface area contributed by atoms with Crippen LogP contribution in [0.25, 0.3) is 17.1 Å². The van der Waals surface area contributed by atoms with E-state index in [1.807, 2.05) is 35.8 Å². The molecule has 0 amide bonds. The Balaban J connectivity index is 2.13. The van der Waals surface area contributed by atoms with Crippen molar-refractivity contribution in [1.29, 1.82) is 0 Å². The Morgan fingerprint density at radius 3 is 2.62 bits per heavy atom. The highest BCUT2D eigenvalue weighted by atomic mass is 35.5. The highest BCUT2D eigenvalue weighted by Crippen LogP contribution is 2.32. The molecule has 2 aromatic carbocycles.